The third-order valence-electron chi connectivity index (χ3n) is 1.49. The first-order valence-corrected chi connectivity index (χ1v) is 4.55. The van der Waals surface area contributed by atoms with E-state index in [1.165, 1.54) is 5.69 Å². The number of hydrogen-bond donors (Lipinski definition) is 0. The first-order valence-electron chi connectivity index (χ1n) is 3.43. The van der Waals surface area contributed by atoms with Crippen LogP contribution in [0.25, 0.3) is 0 Å². The lowest BCUT2D eigenvalue weighted by Gasteiger charge is -2.00. The van der Waals surface area contributed by atoms with Crippen molar-refractivity contribution in [2.75, 3.05) is 5.33 Å². The number of aromatic nitrogens is 2. The summed E-state index contributed by atoms with van der Waals surface area (Å²) in [6.07, 6.45) is 4.86. The smallest absolute Gasteiger partial charge is 0.0948 e. The molecule has 0 saturated carbocycles. The van der Waals surface area contributed by atoms with E-state index in [1.54, 1.807) is 0 Å². The molecule has 0 N–H and O–H groups in total. The molecule has 0 bridgehead atoms. The second-order valence-corrected chi connectivity index (χ2v) is 2.90. The Hall–Kier alpha value is -0.310. The highest BCUT2D eigenvalue weighted by atomic mass is 79.9. The van der Waals surface area contributed by atoms with Gasteiger partial charge >= 0.3 is 0 Å². The Kier molecular flexibility index (Phi) is 2.93. The van der Waals surface area contributed by atoms with E-state index in [0.717, 1.165) is 18.3 Å². The predicted molar refractivity (Wildman–Crippen MR) is 45.4 cm³/mol. The number of nitrogens with zero attached hydrogens (tertiary/aromatic N) is 2. The van der Waals surface area contributed by atoms with Crippen molar-refractivity contribution in [2.45, 2.75) is 19.9 Å². The largest absolute Gasteiger partial charge is 0.335 e. The molecule has 0 aliphatic rings. The first kappa shape index (κ1) is 7.79. The van der Waals surface area contributed by atoms with Gasteiger partial charge in [0.05, 0.1) is 6.33 Å². The molecule has 0 fully saturated rings. The van der Waals surface area contributed by atoms with E-state index in [9.17, 15) is 0 Å². The van der Waals surface area contributed by atoms with Gasteiger partial charge in [-0.2, -0.15) is 0 Å². The summed E-state index contributed by atoms with van der Waals surface area (Å²) in [5.41, 5.74) is 1.30. The summed E-state index contributed by atoms with van der Waals surface area (Å²) < 4.78 is 2.15. The first-order chi connectivity index (χ1) is 4.88. The minimum absolute atomic E-state index is 1.01. The van der Waals surface area contributed by atoms with Gasteiger partial charge in [-0.15, -0.1) is 0 Å². The average Bonchev–Trinajstić information content (AvgIpc) is 2.36. The summed E-state index contributed by atoms with van der Waals surface area (Å²) in [5, 5.41) is 1.01. The van der Waals surface area contributed by atoms with Crippen LogP contribution in [0.4, 0.5) is 0 Å². The molecule has 0 amide bonds. The molecule has 1 aromatic rings. The second kappa shape index (κ2) is 3.76. The lowest BCUT2D eigenvalue weighted by Crippen LogP contribution is -1.99. The number of rotatable bonds is 3. The molecule has 1 rings (SSSR count). The molecule has 0 saturated heterocycles. The maximum absolute atomic E-state index is 4.05. The fraction of sp³-hybridized carbons (Fsp3) is 0.571. The van der Waals surface area contributed by atoms with E-state index < -0.39 is 0 Å². The van der Waals surface area contributed by atoms with Gasteiger partial charge in [0, 0.05) is 23.8 Å². The molecule has 0 aliphatic heterocycles. The van der Waals surface area contributed by atoms with Crippen LogP contribution in [0.15, 0.2) is 12.5 Å². The fourth-order valence-corrected chi connectivity index (χ4v) is 1.34. The van der Waals surface area contributed by atoms with Crippen molar-refractivity contribution < 1.29 is 0 Å². The van der Waals surface area contributed by atoms with E-state index in [4.69, 9.17) is 0 Å². The van der Waals surface area contributed by atoms with E-state index in [0.29, 0.717) is 0 Å². The number of halogens is 1. The van der Waals surface area contributed by atoms with Crippen molar-refractivity contribution in [1.29, 1.82) is 0 Å². The highest BCUT2D eigenvalue weighted by Gasteiger charge is 1.96. The molecule has 0 atom stereocenters. The Morgan fingerprint density at radius 3 is 3.10 bits per heavy atom. The number of imidazole rings is 1. The van der Waals surface area contributed by atoms with Crippen molar-refractivity contribution in [2.24, 2.45) is 0 Å². The Morgan fingerprint density at radius 2 is 2.50 bits per heavy atom. The zero-order valence-electron chi connectivity index (χ0n) is 6.05. The van der Waals surface area contributed by atoms with Crippen LogP contribution < -0.4 is 0 Å². The number of aryl methyl sites for hydroxylation is 2. The second-order valence-electron chi connectivity index (χ2n) is 2.11. The lowest BCUT2D eigenvalue weighted by molar-refractivity contribution is 0.719. The van der Waals surface area contributed by atoms with Crippen molar-refractivity contribution in [1.82, 2.24) is 9.55 Å². The SMILES string of the molecule is CCn1cncc1CCBr. The molecular weight excluding hydrogens is 192 g/mol. The average molecular weight is 203 g/mol. The van der Waals surface area contributed by atoms with Gasteiger partial charge in [-0.1, -0.05) is 15.9 Å². The van der Waals surface area contributed by atoms with Crippen LogP contribution in [-0.4, -0.2) is 14.9 Å². The quantitative estimate of drug-likeness (QED) is 0.685. The van der Waals surface area contributed by atoms with Crippen LogP contribution in [0.3, 0.4) is 0 Å². The number of hydrogen-bond acceptors (Lipinski definition) is 1. The summed E-state index contributed by atoms with van der Waals surface area (Å²) in [6.45, 7) is 3.14. The third-order valence-corrected chi connectivity index (χ3v) is 1.89. The minimum atomic E-state index is 1.01. The van der Waals surface area contributed by atoms with Crippen LogP contribution in [0.2, 0.25) is 0 Å². The normalized spacial score (nSPS) is 10.2. The highest BCUT2D eigenvalue weighted by Crippen LogP contribution is 2.01. The van der Waals surface area contributed by atoms with Gasteiger partial charge in [-0.25, -0.2) is 4.98 Å². The van der Waals surface area contributed by atoms with Gasteiger partial charge in [0.2, 0.25) is 0 Å². The molecule has 56 valence electrons. The van der Waals surface area contributed by atoms with Crippen molar-refractivity contribution in [3.63, 3.8) is 0 Å². The summed E-state index contributed by atoms with van der Waals surface area (Å²) in [5.74, 6) is 0. The van der Waals surface area contributed by atoms with Crippen LogP contribution in [0, 0.1) is 0 Å². The summed E-state index contributed by atoms with van der Waals surface area (Å²) >= 11 is 3.39. The van der Waals surface area contributed by atoms with Crippen LogP contribution in [0.1, 0.15) is 12.6 Å². The van der Waals surface area contributed by atoms with Gasteiger partial charge in [0.25, 0.3) is 0 Å². The molecule has 0 spiro atoms. The lowest BCUT2D eigenvalue weighted by atomic mass is 10.4. The van der Waals surface area contributed by atoms with E-state index in [-0.39, 0.29) is 0 Å². The standard InChI is InChI=1S/C7H11BrN2/c1-2-10-6-9-5-7(10)3-4-8/h5-6H,2-4H2,1H3. The Labute approximate surface area is 69.4 Å². The maximum atomic E-state index is 4.05. The fourth-order valence-electron chi connectivity index (χ4n) is 0.938. The summed E-state index contributed by atoms with van der Waals surface area (Å²) in [6, 6.07) is 0. The van der Waals surface area contributed by atoms with E-state index in [2.05, 4.69) is 32.4 Å². The molecule has 0 unspecified atom stereocenters. The molecule has 1 heterocycles. The van der Waals surface area contributed by atoms with Crippen LogP contribution in [-0.2, 0) is 13.0 Å². The molecular formula is C7H11BrN2. The molecule has 2 nitrogen and oxygen atoms in total. The Bertz CT molecular complexity index is 195. The van der Waals surface area contributed by atoms with Gasteiger partial charge < -0.3 is 4.57 Å². The van der Waals surface area contributed by atoms with E-state index in [1.807, 2.05) is 12.5 Å². The number of alkyl halides is 1. The molecule has 3 heteroatoms. The monoisotopic (exact) mass is 202 g/mol. The zero-order valence-corrected chi connectivity index (χ0v) is 7.63. The van der Waals surface area contributed by atoms with Crippen molar-refractivity contribution in [3.05, 3.63) is 18.2 Å². The Morgan fingerprint density at radius 1 is 1.70 bits per heavy atom. The predicted octanol–water partition coefficient (Wildman–Crippen LogP) is 1.84. The molecule has 0 aromatic carbocycles. The molecule has 10 heavy (non-hydrogen) atoms. The zero-order chi connectivity index (χ0) is 7.40. The van der Waals surface area contributed by atoms with Gasteiger partial charge in [-0.05, 0) is 13.3 Å². The summed E-state index contributed by atoms with van der Waals surface area (Å²) in [7, 11) is 0. The minimum Gasteiger partial charge on any atom is -0.335 e. The van der Waals surface area contributed by atoms with Crippen LogP contribution >= 0.6 is 15.9 Å². The van der Waals surface area contributed by atoms with Gasteiger partial charge in [0.1, 0.15) is 0 Å². The maximum Gasteiger partial charge on any atom is 0.0948 e. The Balaban J connectivity index is 2.70. The molecule has 0 radical (unpaired) electrons. The van der Waals surface area contributed by atoms with Gasteiger partial charge in [0.15, 0.2) is 0 Å². The van der Waals surface area contributed by atoms with E-state index >= 15 is 0 Å². The highest BCUT2D eigenvalue weighted by molar-refractivity contribution is 9.09. The van der Waals surface area contributed by atoms with Crippen molar-refractivity contribution >= 4 is 15.9 Å². The molecule has 0 aliphatic carbocycles. The topological polar surface area (TPSA) is 17.8 Å². The summed E-state index contributed by atoms with van der Waals surface area (Å²) in [4.78, 5) is 4.05. The van der Waals surface area contributed by atoms with Crippen molar-refractivity contribution in [3.8, 4) is 0 Å². The van der Waals surface area contributed by atoms with Crippen LogP contribution in [0.5, 0.6) is 0 Å². The third kappa shape index (κ3) is 1.59. The van der Waals surface area contributed by atoms with Gasteiger partial charge in [-0.3, -0.25) is 0 Å². The molecule has 1 aromatic heterocycles.